The van der Waals surface area contributed by atoms with Crippen molar-refractivity contribution >= 4 is 23.1 Å². The minimum absolute atomic E-state index is 0.402. The number of thioether (sulfide) groups is 1. The van der Waals surface area contributed by atoms with E-state index < -0.39 is 0 Å². The Morgan fingerprint density at radius 3 is 2.94 bits per heavy atom. The predicted molar refractivity (Wildman–Crippen MR) is 74.2 cm³/mol. The normalized spacial score (nSPS) is 24.6. The summed E-state index contributed by atoms with van der Waals surface area (Å²) in [5, 5.41) is 3.49. The zero-order chi connectivity index (χ0) is 11.6. The van der Waals surface area contributed by atoms with Crippen molar-refractivity contribution in [1.29, 1.82) is 0 Å². The summed E-state index contributed by atoms with van der Waals surface area (Å²) in [6.07, 6.45) is 2.66. The van der Waals surface area contributed by atoms with Crippen LogP contribution in [0.3, 0.4) is 0 Å². The molecular formula is C13H20N2S. The molecular weight excluding hydrogens is 216 g/mol. The molecule has 1 saturated heterocycles. The van der Waals surface area contributed by atoms with Crippen molar-refractivity contribution in [3.05, 3.63) is 23.8 Å². The monoisotopic (exact) mass is 236 g/mol. The molecule has 0 spiro atoms. The molecule has 3 N–H and O–H groups in total. The van der Waals surface area contributed by atoms with Gasteiger partial charge in [-0.15, -0.1) is 0 Å². The molecule has 0 saturated carbocycles. The highest BCUT2D eigenvalue weighted by atomic mass is 32.2. The van der Waals surface area contributed by atoms with Gasteiger partial charge in [-0.05, 0) is 50.1 Å². The summed E-state index contributed by atoms with van der Waals surface area (Å²) < 4.78 is 0.402. The van der Waals surface area contributed by atoms with Crippen LogP contribution in [-0.2, 0) is 0 Å². The molecule has 1 aromatic rings. The number of hydrogen-bond donors (Lipinski definition) is 2. The molecule has 1 fully saturated rings. The van der Waals surface area contributed by atoms with E-state index in [-0.39, 0.29) is 0 Å². The molecule has 1 aliphatic rings. The quantitative estimate of drug-likeness (QED) is 0.791. The fourth-order valence-electron chi connectivity index (χ4n) is 2.02. The molecule has 1 atom stereocenters. The average molecular weight is 236 g/mol. The lowest BCUT2D eigenvalue weighted by molar-refractivity contribution is 0.635. The molecule has 1 heterocycles. The Bertz CT molecular complexity index is 370. The summed E-state index contributed by atoms with van der Waals surface area (Å²) in [5.41, 5.74) is 9.04. The standard InChI is InChI=1S/C13H20N2S/c1-10-4-5-11(8-12(10)14)15-9-13(2)6-3-7-16-13/h4-5,8,15H,3,6-7,9,14H2,1-2H3. The number of rotatable bonds is 3. The lowest BCUT2D eigenvalue weighted by atomic mass is 10.1. The van der Waals surface area contributed by atoms with Crippen molar-refractivity contribution in [2.75, 3.05) is 23.3 Å². The third-order valence-electron chi connectivity index (χ3n) is 3.25. The molecule has 16 heavy (non-hydrogen) atoms. The van der Waals surface area contributed by atoms with Gasteiger partial charge in [0.05, 0.1) is 0 Å². The summed E-state index contributed by atoms with van der Waals surface area (Å²) in [5.74, 6) is 1.30. The number of nitrogens with one attached hydrogen (secondary N) is 1. The van der Waals surface area contributed by atoms with Crippen LogP contribution in [0.15, 0.2) is 18.2 Å². The van der Waals surface area contributed by atoms with Crippen LogP contribution in [0.4, 0.5) is 11.4 Å². The highest BCUT2D eigenvalue weighted by molar-refractivity contribution is 8.00. The van der Waals surface area contributed by atoms with Crippen molar-refractivity contribution in [2.24, 2.45) is 0 Å². The summed E-state index contributed by atoms with van der Waals surface area (Å²) in [4.78, 5) is 0. The van der Waals surface area contributed by atoms with Crippen LogP contribution in [0.1, 0.15) is 25.3 Å². The van der Waals surface area contributed by atoms with Crippen molar-refractivity contribution in [3.63, 3.8) is 0 Å². The number of nitrogens with two attached hydrogens (primary N) is 1. The summed E-state index contributed by atoms with van der Waals surface area (Å²) in [6.45, 7) is 5.41. The smallest absolute Gasteiger partial charge is 0.0364 e. The minimum atomic E-state index is 0.402. The predicted octanol–water partition coefficient (Wildman–Crippen LogP) is 3.27. The van der Waals surface area contributed by atoms with E-state index in [1.54, 1.807) is 0 Å². The first kappa shape index (κ1) is 11.6. The lowest BCUT2D eigenvalue weighted by Gasteiger charge is -2.23. The Balaban J connectivity index is 1.96. The Labute approximate surface area is 102 Å². The maximum absolute atomic E-state index is 5.89. The molecule has 0 aromatic heterocycles. The van der Waals surface area contributed by atoms with Crippen LogP contribution in [0.5, 0.6) is 0 Å². The second kappa shape index (κ2) is 4.58. The molecule has 2 nitrogen and oxygen atoms in total. The minimum Gasteiger partial charge on any atom is -0.398 e. The van der Waals surface area contributed by atoms with E-state index >= 15 is 0 Å². The van der Waals surface area contributed by atoms with Gasteiger partial charge < -0.3 is 11.1 Å². The van der Waals surface area contributed by atoms with Gasteiger partial charge >= 0.3 is 0 Å². The Morgan fingerprint density at radius 1 is 1.50 bits per heavy atom. The topological polar surface area (TPSA) is 38.0 Å². The third-order valence-corrected chi connectivity index (χ3v) is 4.78. The van der Waals surface area contributed by atoms with E-state index in [1.165, 1.54) is 18.6 Å². The van der Waals surface area contributed by atoms with Gasteiger partial charge in [-0.1, -0.05) is 6.07 Å². The fraction of sp³-hybridized carbons (Fsp3) is 0.538. The molecule has 0 aliphatic carbocycles. The number of nitrogen functional groups attached to an aromatic ring is 1. The van der Waals surface area contributed by atoms with E-state index in [4.69, 9.17) is 5.73 Å². The number of hydrogen-bond acceptors (Lipinski definition) is 3. The van der Waals surface area contributed by atoms with Crippen LogP contribution < -0.4 is 11.1 Å². The number of anilines is 2. The largest absolute Gasteiger partial charge is 0.398 e. The van der Waals surface area contributed by atoms with Crippen molar-refractivity contribution in [3.8, 4) is 0 Å². The van der Waals surface area contributed by atoms with E-state index in [9.17, 15) is 0 Å². The van der Waals surface area contributed by atoms with E-state index in [0.29, 0.717) is 4.75 Å². The lowest BCUT2D eigenvalue weighted by Crippen LogP contribution is -2.27. The van der Waals surface area contributed by atoms with E-state index in [0.717, 1.165) is 23.5 Å². The van der Waals surface area contributed by atoms with Gasteiger partial charge in [0.2, 0.25) is 0 Å². The molecule has 1 unspecified atom stereocenters. The molecule has 2 rings (SSSR count). The second-order valence-electron chi connectivity index (χ2n) is 4.83. The van der Waals surface area contributed by atoms with Crippen LogP contribution in [0.25, 0.3) is 0 Å². The fourth-order valence-corrected chi connectivity index (χ4v) is 3.26. The highest BCUT2D eigenvalue weighted by Crippen LogP contribution is 2.37. The Hall–Kier alpha value is -0.830. The third kappa shape index (κ3) is 2.64. The van der Waals surface area contributed by atoms with E-state index in [1.807, 2.05) is 13.0 Å². The van der Waals surface area contributed by atoms with Gasteiger partial charge in [0.1, 0.15) is 0 Å². The summed E-state index contributed by atoms with van der Waals surface area (Å²) in [7, 11) is 0. The van der Waals surface area contributed by atoms with Crippen molar-refractivity contribution in [1.82, 2.24) is 0 Å². The van der Waals surface area contributed by atoms with Gasteiger partial charge in [-0.2, -0.15) is 11.8 Å². The van der Waals surface area contributed by atoms with Gasteiger partial charge in [-0.3, -0.25) is 0 Å². The van der Waals surface area contributed by atoms with E-state index in [2.05, 4.69) is 36.1 Å². The van der Waals surface area contributed by atoms with Gasteiger partial charge in [0.25, 0.3) is 0 Å². The molecule has 0 radical (unpaired) electrons. The maximum Gasteiger partial charge on any atom is 0.0364 e. The van der Waals surface area contributed by atoms with Gasteiger partial charge in [-0.25, -0.2) is 0 Å². The van der Waals surface area contributed by atoms with Crippen LogP contribution >= 0.6 is 11.8 Å². The number of benzene rings is 1. The summed E-state index contributed by atoms with van der Waals surface area (Å²) >= 11 is 2.08. The molecule has 0 bridgehead atoms. The first-order valence-corrected chi connectivity index (χ1v) is 6.82. The second-order valence-corrected chi connectivity index (χ2v) is 6.51. The van der Waals surface area contributed by atoms with Crippen LogP contribution in [-0.4, -0.2) is 17.0 Å². The van der Waals surface area contributed by atoms with Gasteiger partial charge in [0, 0.05) is 22.7 Å². The van der Waals surface area contributed by atoms with Crippen molar-refractivity contribution in [2.45, 2.75) is 31.4 Å². The highest BCUT2D eigenvalue weighted by Gasteiger charge is 2.28. The first-order chi connectivity index (χ1) is 7.59. The molecule has 0 amide bonds. The van der Waals surface area contributed by atoms with Crippen LogP contribution in [0.2, 0.25) is 0 Å². The molecule has 88 valence electrons. The SMILES string of the molecule is Cc1ccc(NCC2(C)CCCS2)cc1N. The number of aryl methyl sites for hydroxylation is 1. The molecule has 1 aliphatic heterocycles. The maximum atomic E-state index is 5.89. The zero-order valence-corrected chi connectivity index (χ0v) is 10.9. The van der Waals surface area contributed by atoms with Crippen LogP contribution in [0, 0.1) is 6.92 Å². The Kier molecular flexibility index (Phi) is 3.33. The van der Waals surface area contributed by atoms with Crippen molar-refractivity contribution < 1.29 is 0 Å². The molecule has 1 aromatic carbocycles. The first-order valence-electron chi connectivity index (χ1n) is 5.83. The summed E-state index contributed by atoms with van der Waals surface area (Å²) in [6, 6.07) is 6.20. The Morgan fingerprint density at radius 2 is 2.31 bits per heavy atom. The molecule has 3 heteroatoms. The zero-order valence-electron chi connectivity index (χ0n) is 10.0. The van der Waals surface area contributed by atoms with Gasteiger partial charge in [0.15, 0.2) is 0 Å². The average Bonchev–Trinajstić information content (AvgIpc) is 2.68.